The summed E-state index contributed by atoms with van der Waals surface area (Å²) >= 11 is 0. The van der Waals surface area contributed by atoms with Gasteiger partial charge in [0.05, 0.1) is 11.6 Å². The molecule has 1 fully saturated rings. The molecule has 1 aliphatic carbocycles. The molecule has 2 aromatic rings. The Hall–Kier alpha value is -2.23. The summed E-state index contributed by atoms with van der Waals surface area (Å²) in [7, 11) is 0. The molecule has 2 atom stereocenters. The molecule has 1 aromatic heterocycles. The second kappa shape index (κ2) is 4.46. The number of pyridine rings is 1. The van der Waals surface area contributed by atoms with E-state index in [9.17, 15) is 9.18 Å². The molecule has 1 N–H and O–H groups in total. The summed E-state index contributed by atoms with van der Waals surface area (Å²) in [6, 6.07) is 10.0. The van der Waals surface area contributed by atoms with E-state index in [2.05, 4.69) is 4.98 Å². The second-order valence-corrected chi connectivity index (χ2v) is 4.74. The number of benzene rings is 1. The predicted molar refractivity (Wildman–Crippen MR) is 68.1 cm³/mol. The van der Waals surface area contributed by atoms with E-state index >= 15 is 0 Å². The third-order valence-corrected chi connectivity index (χ3v) is 3.47. The topological polar surface area (TPSA) is 50.2 Å². The van der Waals surface area contributed by atoms with Crippen LogP contribution in [0.2, 0.25) is 0 Å². The molecule has 1 heterocycles. The lowest BCUT2D eigenvalue weighted by Crippen LogP contribution is -1.99. The largest absolute Gasteiger partial charge is 0.481 e. The Morgan fingerprint density at radius 1 is 1.26 bits per heavy atom. The molecule has 0 spiro atoms. The molecule has 19 heavy (non-hydrogen) atoms. The molecule has 0 radical (unpaired) electrons. The molecule has 3 nitrogen and oxygen atoms in total. The van der Waals surface area contributed by atoms with E-state index in [1.807, 2.05) is 6.07 Å². The number of aromatic nitrogens is 1. The average Bonchev–Trinajstić information content (AvgIpc) is 3.20. The Labute approximate surface area is 109 Å². The van der Waals surface area contributed by atoms with Crippen molar-refractivity contribution in [2.45, 2.75) is 12.3 Å². The SMILES string of the molecule is O=C(O)[C@@H]1C[C@H]1c1ccc(-c2ccccc2F)nc1. The molecular weight excluding hydrogens is 245 g/mol. The summed E-state index contributed by atoms with van der Waals surface area (Å²) in [6.45, 7) is 0. The number of rotatable bonds is 3. The van der Waals surface area contributed by atoms with E-state index in [4.69, 9.17) is 5.11 Å². The first-order chi connectivity index (χ1) is 9.16. The highest BCUT2D eigenvalue weighted by molar-refractivity contribution is 5.75. The van der Waals surface area contributed by atoms with Crippen LogP contribution in [0.1, 0.15) is 17.9 Å². The maximum absolute atomic E-state index is 13.6. The van der Waals surface area contributed by atoms with Gasteiger partial charge in [-0.2, -0.15) is 0 Å². The summed E-state index contributed by atoms with van der Waals surface area (Å²) in [5.41, 5.74) is 1.93. The van der Waals surface area contributed by atoms with Crippen LogP contribution in [0, 0.1) is 11.7 Å². The van der Waals surface area contributed by atoms with Crippen LogP contribution in [0.4, 0.5) is 4.39 Å². The number of carbonyl (C=O) groups is 1. The lowest BCUT2D eigenvalue weighted by atomic mass is 10.1. The van der Waals surface area contributed by atoms with E-state index in [-0.39, 0.29) is 17.7 Å². The molecule has 4 heteroatoms. The molecule has 0 amide bonds. The van der Waals surface area contributed by atoms with Crippen molar-refractivity contribution < 1.29 is 14.3 Å². The van der Waals surface area contributed by atoms with Gasteiger partial charge in [-0.3, -0.25) is 9.78 Å². The van der Waals surface area contributed by atoms with Crippen LogP contribution in [0.3, 0.4) is 0 Å². The van der Waals surface area contributed by atoms with Gasteiger partial charge >= 0.3 is 5.97 Å². The van der Waals surface area contributed by atoms with Crippen molar-refractivity contribution in [2.24, 2.45) is 5.92 Å². The number of hydrogen-bond donors (Lipinski definition) is 1. The highest BCUT2D eigenvalue weighted by atomic mass is 19.1. The van der Waals surface area contributed by atoms with Gasteiger partial charge in [-0.1, -0.05) is 18.2 Å². The van der Waals surface area contributed by atoms with Crippen LogP contribution in [0.25, 0.3) is 11.3 Å². The minimum absolute atomic E-state index is 0.0553. The fourth-order valence-electron chi connectivity index (χ4n) is 2.29. The first kappa shape index (κ1) is 11.8. The number of hydrogen-bond acceptors (Lipinski definition) is 2. The molecular formula is C15H12FNO2. The van der Waals surface area contributed by atoms with Crippen molar-refractivity contribution in [3.63, 3.8) is 0 Å². The normalized spacial score (nSPS) is 21.1. The van der Waals surface area contributed by atoms with Gasteiger partial charge in [-0.05, 0) is 36.1 Å². The van der Waals surface area contributed by atoms with Gasteiger partial charge < -0.3 is 5.11 Å². The summed E-state index contributed by atoms with van der Waals surface area (Å²) in [5.74, 6) is -1.30. The summed E-state index contributed by atoms with van der Waals surface area (Å²) in [5, 5.41) is 8.88. The van der Waals surface area contributed by atoms with Gasteiger partial charge in [0.15, 0.2) is 0 Å². The molecule has 0 aliphatic heterocycles. The zero-order valence-corrected chi connectivity index (χ0v) is 10.1. The Morgan fingerprint density at radius 2 is 2.05 bits per heavy atom. The van der Waals surface area contributed by atoms with E-state index in [1.54, 1.807) is 30.5 Å². The fourth-order valence-corrected chi connectivity index (χ4v) is 2.29. The van der Waals surface area contributed by atoms with Crippen LogP contribution in [-0.2, 0) is 4.79 Å². The van der Waals surface area contributed by atoms with Crippen LogP contribution in [0.15, 0.2) is 42.6 Å². The summed E-state index contributed by atoms with van der Waals surface area (Å²) in [4.78, 5) is 15.0. The van der Waals surface area contributed by atoms with Gasteiger partial charge in [0.1, 0.15) is 5.82 Å². The quantitative estimate of drug-likeness (QED) is 0.919. The Morgan fingerprint density at radius 3 is 2.63 bits per heavy atom. The molecule has 3 rings (SSSR count). The minimum Gasteiger partial charge on any atom is -0.481 e. The van der Waals surface area contributed by atoms with Crippen molar-refractivity contribution in [2.75, 3.05) is 0 Å². The number of carboxylic acid groups (broad SMARTS) is 1. The smallest absolute Gasteiger partial charge is 0.307 e. The van der Waals surface area contributed by atoms with Gasteiger partial charge in [-0.25, -0.2) is 4.39 Å². The first-order valence-electron chi connectivity index (χ1n) is 6.10. The molecule has 96 valence electrons. The summed E-state index contributed by atoms with van der Waals surface area (Å²) in [6.07, 6.45) is 2.31. The molecule has 1 saturated carbocycles. The standard InChI is InChI=1S/C15H12FNO2/c16-13-4-2-1-3-10(13)14-6-5-9(8-17-14)11-7-12(11)15(18)19/h1-6,8,11-12H,7H2,(H,18,19)/t11-,12+/m0/s1. The van der Waals surface area contributed by atoms with Crippen LogP contribution in [0.5, 0.6) is 0 Å². The summed E-state index contributed by atoms with van der Waals surface area (Å²) < 4.78 is 13.6. The van der Waals surface area contributed by atoms with E-state index in [0.29, 0.717) is 17.7 Å². The highest BCUT2D eigenvalue weighted by Gasteiger charge is 2.44. The van der Waals surface area contributed by atoms with Crippen LogP contribution < -0.4 is 0 Å². The highest BCUT2D eigenvalue weighted by Crippen LogP contribution is 2.47. The van der Waals surface area contributed by atoms with E-state index < -0.39 is 5.97 Å². The zero-order chi connectivity index (χ0) is 13.4. The van der Waals surface area contributed by atoms with Crippen molar-refractivity contribution in [1.82, 2.24) is 4.98 Å². The van der Waals surface area contributed by atoms with Gasteiger partial charge in [0, 0.05) is 11.8 Å². The van der Waals surface area contributed by atoms with Crippen molar-refractivity contribution in [3.8, 4) is 11.3 Å². The molecule has 0 unspecified atom stereocenters. The third-order valence-electron chi connectivity index (χ3n) is 3.47. The number of halogens is 1. The van der Waals surface area contributed by atoms with Crippen LogP contribution in [-0.4, -0.2) is 16.1 Å². The monoisotopic (exact) mass is 257 g/mol. The van der Waals surface area contributed by atoms with Crippen LogP contribution >= 0.6 is 0 Å². The molecule has 1 aromatic carbocycles. The Bertz CT molecular complexity index is 624. The molecule has 0 bridgehead atoms. The molecule has 0 saturated heterocycles. The Balaban J connectivity index is 1.84. The minimum atomic E-state index is -0.761. The first-order valence-corrected chi connectivity index (χ1v) is 6.10. The lowest BCUT2D eigenvalue weighted by Gasteiger charge is -2.04. The Kier molecular flexibility index (Phi) is 2.78. The second-order valence-electron chi connectivity index (χ2n) is 4.74. The van der Waals surface area contributed by atoms with Gasteiger partial charge in [0.2, 0.25) is 0 Å². The number of carboxylic acids is 1. The van der Waals surface area contributed by atoms with Gasteiger partial charge in [0.25, 0.3) is 0 Å². The molecule has 1 aliphatic rings. The number of aliphatic carboxylic acids is 1. The fraction of sp³-hybridized carbons (Fsp3) is 0.200. The lowest BCUT2D eigenvalue weighted by molar-refractivity contribution is -0.138. The van der Waals surface area contributed by atoms with E-state index in [0.717, 1.165) is 5.56 Å². The maximum Gasteiger partial charge on any atom is 0.307 e. The maximum atomic E-state index is 13.6. The predicted octanol–water partition coefficient (Wildman–Crippen LogP) is 3.08. The van der Waals surface area contributed by atoms with E-state index in [1.165, 1.54) is 6.07 Å². The average molecular weight is 257 g/mol. The van der Waals surface area contributed by atoms with Gasteiger partial charge in [-0.15, -0.1) is 0 Å². The van der Waals surface area contributed by atoms with Crippen molar-refractivity contribution >= 4 is 5.97 Å². The zero-order valence-electron chi connectivity index (χ0n) is 10.1. The van der Waals surface area contributed by atoms with Crippen molar-refractivity contribution in [1.29, 1.82) is 0 Å². The number of nitrogens with zero attached hydrogens (tertiary/aromatic N) is 1. The third kappa shape index (κ3) is 2.21. The van der Waals surface area contributed by atoms with Crippen molar-refractivity contribution in [3.05, 3.63) is 54.0 Å².